The van der Waals surface area contributed by atoms with Gasteiger partial charge in [0, 0.05) is 35.3 Å². The first-order valence-electron chi connectivity index (χ1n) is 12.3. The van der Waals surface area contributed by atoms with Crippen molar-refractivity contribution < 1.29 is 9.47 Å². The SMILES string of the molecule is CCOc1cccc2c1CC(=CCCN1CCC(c3ccc(Cl)cc3)CC1)c1cccnc1O2. The standard InChI is InChI=1S/C29H31ClN2O2/c1-2-33-27-8-3-9-28-26(27)20-23(25-7-4-16-31-29(25)34-28)6-5-17-32-18-14-22(15-19-32)21-10-12-24(30)13-11-21/h3-4,6-13,16,22H,2,5,14-15,17-20H2,1H3. The summed E-state index contributed by atoms with van der Waals surface area (Å²) >= 11 is 6.06. The number of rotatable bonds is 6. The van der Waals surface area contributed by atoms with Crippen molar-refractivity contribution in [2.24, 2.45) is 0 Å². The van der Waals surface area contributed by atoms with E-state index in [1.807, 2.05) is 43.3 Å². The minimum atomic E-state index is 0.632. The second-order valence-corrected chi connectivity index (χ2v) is 9.42. The first-order valence-corrected chi connectivity index (χ1v) is 12.6. The van der Waals surface area contributed by atoms with Crippen LogP contribution in [0.2, 0.25) is 5.02 Å². The maximum Gasteiger partial charge on any atom is 0.226 e. The molecule has 1 fully saturated rings. The molecule has 0 aliphatic carbocycles. The molecular formula is C29H31ClN2O2. The van der Waals surface area contributed by atoms with E-state index < -0.39 is 0 Å². The lowest BCUT2D eigenvalue weighted by molar-refractivity contribution is 0.216. The summed E-state index contributed by atoms with van der Waals surface area (Å²) in [6.07, 6.45) is 8.34. The van der Waals surface area contributed by atoms with Crippen LogP contribution in [-0.4, -0.2) is 36.1 Å². The molecule has 0 unspecified atom stereocenters. The van der Waals surface area contributed by atoms with Crippen LogP contribution < -0.4 is 9.47 Å². The summed E-state index contributed by atoms with van der Waals surface area (Å²) in [4.78, 5) is 7.11. The number of likely N-dealkylation sites (tertiary alicyclic amines) is 1. The van der Waals surface area contributed by atoms with Gasteiger partial charge in [-0.2, -0.15) is 0 Å². The van der Waals surface area contributed by atoms with E-state index in [0.29, 0.717) is 18.4 Å². The van der Waals surface area contributed by atoms with Gasteiger partial charge in [-0.25, -0.2) is 4.98 Å². The highest BCUT2D eigenvalue weighted by molar-refractivity contribution is 6.30. The number of ether oxygens (including phenoxy) is 2. The number of nitrogens with zero attached hydrogens (tertiary/aromatic N) is 2. The lowest BCUT2D eigenvalue weighted by Gasteiger charge is -2.32. The van der Waals surface area contributed by atoms with Crippen LogP contribution >= 0.6 is 11.6 Å². The lowest BCUT2D eigenvalue weighted by atomic mass is 9.89. The summed E-state index contributed by atoms with van der Waals surface area (Å²) in [5.41, 5.74) is 4.84. The average molecular weight is 475 g/mol. The number of aromatic nitrogens is 1. The van der Waals surface area contributed by atoms with E-state index in [2.05, 4.69) is 34.2 Å². The van der Waals surface area contributed by atoms with Crippen LogP contribution in [0.25, 0.3) is 5.57 Å². The maximum atomic E-state index is 6.23. The fraction of sp³-hybridized carbons (Fsp3) is 0.345. The highest BCUT2D eigenvalue weighted by Gasteiger charge is 2.23. The van der Waals surface area contributed by atoms with Crippen LogP contribution in [0.15, 0.2) is 66.9 Å². The number of benzene rings is 2. The summed E-state index contributed by atoms with van der Waals surface area (Å²) in [5, 5.41) is 0.811. The average Bonchev–Trinajstić information content (AvgIpc) is 3.02. The molecule has 0 bridgehead atoms. The van der Waals surface area contributed by atoms with Gasteiger partial charge in [0.1, 0.15) is 11.5 Å². The van der Waals surface area contributed by atoms with Gasteiger partial charge in [-0.3, -0.25) is 0 Å². The minimum absolute atomic E-state index is 0.632. The third-order valence-electron chi connectivity index (χ3n) is 6.85. The molecule has 0 saturated carbocycles. The van der Waals surface area contributed by atoms with Gasteiger partial charge >= 0.3 is 0 Å². The van der Waals surface area contributed by atoms with Gasteiger partial charge in [-0.1, -0.05) is 35.9 Å². The monoisotopic (exact) mass is 474 g/mol. The number of halogens is 1. The van der Waals surface area contributed by atoms with Gasteiger partial charge in [0.25, 0.3) is 0 Å². The van der Waals surface area contributed by atoms with Gasteiger partial charge in [0.15, 0.2) is 0 Å². The van der Waals surface area contributed by atoms with Gasteiger partial charge in [-0.15, -0.1) is 0 Å². The molecule has 2 aliphatic rings. The first-order chi connectivity index (χ1) is 16.7. The Morgan fingerprint density at radius 3 is 2.71 bits per heavy atom. The van der Waals surface area contributed by atoms with E-state index >= 15 is 0 Å². The Kier molecular flexibility index (Phi) is 7.17. The van der Waals surface area contributed by atoms with Crippen molar-refractivity contribution in [1.29, 1.82) is 0 Å². The van der Waals surface area contributed by atoms with E-state index in [1.165, 1.54) is 24.0 Å². The Bertz CT molecular complexity index is 1150. The normalized spacial score (nSPS) is 17.5. The molecule has 1 aromatic heterocycles. The van der Waals surface area contributed by atoms with Crippen molar-refractivity contribution in [3.05, 3.63) is 88.6 Å². The van der Waals surface area contributed by atoms with Gasteiger partial charge in [0.2, 0.25) is 5.88 Å². The molecule has 0 radical (unpaired) electrons. The van der Waals surface area contributed by atoms with Gasteiger partial charge < -0.3 is 14.4 Å². The molecule has 5 rings (SSSR count). The molecule has 0 amide bonds. The van der Waals surface area contributed by atoms with Crippen LogP contribution in [0.4, 0.5) is 0 Å². The van der Waals surface area contributed by atoms with Crippen molar-refractivity contribution in [3.8, 4) is 17.4 Å². The molecule has 5 heteroatoms. The number of piperidine rings is 1. The van der Waals surface area contributed by atoms with E-state index in [0.717, 1.165) is 60.1 Å². The molecule has 3 heterocycles. The zero-order valence-electron chi connectivity index (χ0n) is 19.7. The second-order valence-electron chi connectivity index (χ2n) is 8.99. The van der Waals surface area contributed by atoms with E-state index in [4.69, 9.17) is 21.1 Å². The molecule has 0 spiro atoms. The van der Waals surface area contributed by atoms with Crippen molar-refractivity contribution in [3.63, 3.8) is 0 Å². The lowest BCUT2D eigenvalue weighted by Crippen LogP contribution is -2.33. The number of hydrogen-bond acceptors (Lipinski definition) is 4. The number of fused-ring (bicyclic) bond motifs is 2. The predicted octanol–water partition coefficient (Wildman–Crippen LogP) is 7.14. The summed E-state index contributed by atoms with van der Waals surface area (Å²) in [6, 6.07) is 18.5. The number of allylic oxidation sites excluding steroid dienone is 1. The smallest absolute Gasteiger partial charge is 0.226 e. The third kappa shape index (κ3) is 5.13. The Morgan fingerprint density at radius 2 is 1.91 bits per heavy atom. The zero-order chi connectivity index (χ0) is 23.3. The Morgan fingerprint density at radius 1 is 1.09 bits per heavy atom. The Hall–Kier alpha value is -2.82. The van der Waals surface area contributed by atoms with Gasteiger partial charge in [0.05, 0.1) is 6.61 Å². The molecule has 176 valence electrons. The molecule has 4 nitrogen and oxygen atoms in total. The summed E-state index contributed by atoms with van der Waals surface area (Å²) in [6.45, 7) is 5.98. The quantitative estimate of drug-likeness (QED) is 0.380. The second kappa shape index (κ2) is 10.6. The van der Waals surface area contributed by atoms with Crippen LogP contribution in [0.5, 0.6) is 17.4 Å². The Labute approximate surface area is 207 Å². The molecule has 0 N–H and O–H groups in total. The maximum absolute atomic E-state index is 6.23. The summed E-state index contributed by atoms with van der Waals surface area (Å²) in [5.74, 6) is 3.03. The fourth-order valence-corrected chi connectivity index (χ4v) is 5.17. The summed E-state index contributed by atoms with van der Waals surface area (Å²) in [7, 11) is 0. The van der Waals surface area contributed by atoms with Crippen LogP contribution in [0.3, 0.4) is 0 Å². The van der Waals surface area contributed by atoms with E-state index in [9.17, 15) is 0 Å². The number of hydrogen-bond donors (Lipinski definition) is 0. The Balaban J connectivity index is 1.27. The molecule has 34 heavy (non-hydrogen) atoms. The van der Waals surface area contributed by atoms with Crippen molar-refractivity contribution in [1.82, 2.24) is 9.88 Å². The topological polar surface area (TPSA) is 34.6 Å². The number of pyridine rings is 1. The molecule has 1 saturated heterocycles. The molecule has 0 atom stereocenters. The zero-order valence-corrected chi connectivity index (χ0v) is 20.4. The van der Waals surface area contributed by atoms with Crippen LogP contribution in [0, 0.1) is 0 Å². The highest BCUT2D eigenvalue weighted by atomic mass is 35.5. The largest absolute Gasteiger partial charge is 0.493 e. The fourth-order valence-electron chi connectivity index (χ4n) is 5.04. The molecule has 3 aromatic rings. The first kappa shape index (κ1) is 22.9. The van der Waals surface area contributed by atoms with E-state index in [1.54, 1.807) is 6.20 Å². The van der Waals surface area contributed by atoms with Crippen LogP contribution in [-0.2, 0) is 6.42 Å². The van der Waals surface area contributed by atoms with Crippen molar-refractivity contribution in [2.75, 3.05) is 26.2 Å². The molecule has 2 aromatic carbocycles. The van der Waals surface area contributed by atoms with Crippen molar-refractivity contribution >= 4 is 17.2 Å². The molecular weight excluding hydrogens is 444 g/mol. The van der Waals surface area contributed by atoms with Gasteiger partial charge in [-0.05, 0) is 92.7 Å². The van der Waals surface area contributed by atoms with E-state index in [-0.39, 0.29) is 0 Å². The third-order valence-corrected chi connectivity index (χ3v) is 7.10. The summed E-state index contributed by atoms with van der Waals surface area (Å²) < 4.78 is 12.1. The van der Waals surface area contributed by atoms with Crippen LogP contribution in [0.1, 0.15) is 48.8 Å². The van der Waals surface area contributed by atoms with Crippen molar-refractivity contribution in [2.45, 2.75) is 38.5 Å². The minimum Gasteiger partial charge on any atom is -0.493 e. The molecule has 2 aliphatic heterocycles. The predicted molar refractivity (Wildman–Crippen MR) is 138 cm³/mol. The highest BCUT2D eigenvalue weighted by Crippen LogP contribution is 2.41.